The lowest BCUT2D eigenvalue weighted by Crippen LogP contribution is -2.31. The first-order chi connectivity index (χ1) is 13.5. The Bertz CT molecular complexity index is 837. The molecule has 1 heterocycles. The maximum Gasteiger partial charge on any atom is 0.251 e. The summed E-state index contributed by atoms with van der Waals surface area (Å²) in [7, 11) is 0. The van der Waals surface area contributed by atoms with Crippen molar-refractivity contribution in [1.29, 1.82) is 0 Å². The Morgan fingerprint density at radius 3 is 2.71 bits per heavy atom. The minimum Gasteiger partial charge on any atom is -0.376 e. The highest BCUT2D eigenvalue weighted by atomic mass is 16.5. The molecule has 1 fully saturated rings. The summed E-state index contributed by atoms with van der Waals surface area (Å²) in [5, 5.41) is 6.06. The van der Waals surface area contributed by atoms with E-state index in [0.29, 0.717) is 24.6 Å². The van der Waals surface area contributed by atoms with Crippen LogP contribution in [-0.2, 0) is 11.3 Å². The molecular formula is C22H28N4O2. The van der Waals surface area contributed by atoms with E-state index in [1.807, 2.05) is 44.2 Å². The number of rotatable bonds is 6. The van der Waals surface area contributed by atoms with Crippen LogP contribution >= 0.6 is 0 Å². The number of ether oxygens (including phenoxy) is 1. The smallest absolute Gasteiger partial charge is 0.251 e. The Hall–Kier alpha value is -2.86. The largest absolute Gasteiger partial charge is 0.376 e. The lowest BCUT2D eigenvalue weighted by molar-refractivity contribution is 0.0857. The van der Waals surface area contributed by atoms with Crippen molar-refractivity contribution in [2.75, 3.05) is 18.5 Å². The van der Waals surface area contributed by atoms with E-state index in [1.165, 1.54) is 0 Å². The molecule has 1 amide bonds. The number of aryl methyl sites for hydroxylation is 2. The average Bonchev–Trinajstić information content (AvgIpc) is 3.17. The molecule has 2 aromatic carbocycles. The third kappa shape index (κ3) is 5.82. The van der Waals surface area contributed by atoms with Crippen LogP contribution in [0.5, 0.6) is 0 Å². The number of nitrogens with one attached hydrogen (secondary N) is 2. The number of carbonyl (C=O) groups is 1. The van der Waals surface area contributed by atoms with Gasteiger partial charge in [-0.05, 0) is 67.6 Å². The van der Waals surface area contributed by atoms with Crippen molar-refractivity contribution in [3.05, 3.63) is 64.7 Å². The first-order valence-corrected chi connectivity index (χ1v) is 9.63. The second-order valence-electron chi connectivity index (χ2n) is 7.25. The van der Waals surface area contributed by atoms with Crippen LogP contribution in [0, 0.1) is 13.8 Å². The van der Waals surface area contributed by atoms with Gasteiger partial charge in [0.25, 0.3) is 5.91 Å². The molecule has 6 heteroatoms. The lowest BCUT2D eigenvalue weighted by Gasteiger charge is -2.11. The van der Waals surface area contributed by atoms with Crippen LogP contribution in [0.15, 0.2) is 47.5 Å². The number of nitrogens with zero attached hydrogens (tertiary/aromatic N) is 1. The van der Waals surface area contributed by atoms with Crippen molar-refractivity contribution in [3.8, 4) is 0 Å². The van der Waals surface area contributed by atoms with Crippen molar-refractivity contribution in [2.24, 2.45) is 10.7 Å². The molecule has 1 aliphatic heterocycles. The zero-order valence-corrected chi connectivity index (χ0v) is 16.5. The summed E-state index contributed by atoms with van der Waals surface area (Å²) in [5.74, 6) is 0.251. The lowest BCUT2D eigenvalue weighted by atomic mass is 10.1. The van der Waals surface area contributed by atoms with E-state index in [2.05, 4.69) is 21.7 Å². The summed E-state index contributed by atoms with van der Waals surface area (Å²) in [6.45, 7) is 5.82. The van der Waals surface area contributed by atoms with Gasteiger partial charge in [0, 0.05) is 24.4 Å². The zero-order chi connectivity index (χ0) is 19.9. The first-order valence-electron chi connectivity index (χ1n) is 9.63. The van der Waals surface area contributed by atoms with Crippen LogP contribution in [0.25, 0.3) is 0 Å². The maximum absolute atomic E-state index is 12.4. The number of aliphatic imine (C=N–C) groups is 1. The van der Waals surface area contributed by atoms with Gasteiger partial charge in [0.2, 0.25) is 0 Å². The molecule has 0 aliphatic carbocycles. The van der Waals surface area contributed by atoms with Crippen LogP contribution in [0.4, 0.5) is 5.69 Å². The second kappa shape index (κ2) is 9.37. The molecule has 1 saturated heterocycles. The van der Waals surface area contributed by atoms with Crippen molar-refractivity contribution in [3.63, 3.8) is 0 Å². The van der Waals surface area contributed by atoms with Crippen LogP contribution < -0.4 is 16.4 Å². The number of anilines is 1. The summed E-state index contributed by atoms with van der Waals surface area (Å²) in [4.78, 5) is 16.7. The van der Waals surface area contributed by atoms with E-state index in [9.17, 15) is 4.79 Å². The van der Waals surface area contributed by atoms with Crippen LogP contribution in [0.1, 0.15) is 39.9 Å². The molecule has 148 valence electrons. The predicted molar refractivity (Wildman–Crippen MR) is 113 cm³/mol. The molecule has 6 nitrogen and oxygen atoms in total. The Balaban J connectivity index is 1.57. The number of hydrogen-bond donors (Lipinski definition) is 3. The van der Waals surface area contributed by atoms with Crippen LogP contribution in [0.2, 0.25) is 0 Å². The van der Waals surface area contributed by atoms with Crippen molar-refractivity contribution < 1.29 is 9.53 Å². The Labute approximate surface area is 166 Å². The van der Waals surface area contributed by atoms with Crippen molar-refractivity contribution in [1.82, 2.24) is 5.32 Å². The van der Waals surface area contributed by atoms with Gasteiger partial charge in [0.15, 0.2) is 5.96 Å². The molecule has 4 N–H and O–H groups in total. The Morgan fingerprint density at radius 1 is 1.21 bits per heavy atom. The normalized spacial score (nSPS) is 16.8. The van der Waals surface area contributed by atoms with Gasteiger partial charge in [0.1, 0.15) is 0 Å². The molecule has 1 unspecified atom stereocenters. The Kier molecular flexibility index (Phi) is 6.66. The van der Waals surface area contributed by atoms with Gasteiger partial charge in [-0.3, -0.25) is 4.79 Å². The molecule has 0 radical (unpaired) electrons. The highest BCUT2D eigenvalue weighted by Crippen LogP contribution is 2.14. The van der Waals surface area contributed by atoms with Gasteiger partial charge >= 0.3 is 0 Å². The van der Waals surface area contributed by atoms with E-state index < -0.39 is 0 Å². The highest BCUT2D eigenvalue weighted by molar-refractivity contribution is 5.94. The minimum atomic E-state index is -0.0948. The summed E-state index contributed by atoms with van der Waals surface area (Å²) in [6, 6.07) is 13.6. The summed E-state index contributed by atoms with van der Waals surface area (Å²) >= 11 is 0. The third-order valence-electron chi connectivity index (χ3n) is 4.63. The summed E-state index contributed by atoms with van der Waals surface area (Å²) in [5.41, 5.74) is 10.8. The minimum absolute atomic E-state index is 0.0948. The molecule has 0 saturated carbocycles. The van der Waals surface area contributed by atoms with Gasteiger partial charge in [-0.15, -0.1) is 0 Å². The van der Waals surface area contributed by atoms with Crippen LogP contribution in [0.3, 0.4) is 0 Å². The van der Waals surface area contributed by atoms with Gasteiger partial charge in [-0.1, -0.05) is 18.2 Å². The number of carbonyl (C=O) groups excluding carboxylic acids is 1. The predicted octanol–water partition coefficient (Wildman–Crippen LogP) is 3.14. The molecule has 3 rings (SSSR count). The number of nitrogens with two attached hydrogens (primary N) is 1. The number of hydrogen-bond acceptors (Lipinski definition) is 3. The molecule has 2 aromatic rings. The van der Waals surface area contributed by atoms with E-state index in [4.69, 9.17) is 10.5 Å². The fraction of sp³-hybridized carbons (Fsp3) is 0.364. The van der Waals surface area contributed by atoms with E-state index in [-0.39, 0.29) is 12.0 Å². The highest BCUT2D eigenvalue weighted by Gasteiger charge is 2.16. The Morgan fingerprint density at radius 2 is 2.00 bits per heavy atom. The molecule has 28 heavy (non-hydrogen) atoms. The summed E-state index contributed by atoms with van der Waals surface area (Å²) in [6.07, 6.45) is 2.20. The molecular weight excluding hydrogens is 352 g/mol. The fourth-order valence-electron chi connectivity index (χ4n) is 3.34. The van der Waals surface area contributed by atoms with Gasteiger partial charge in [0.05, 0.1) is 12.6 Å². The number of guanidine groups is 1. The van der Waals surface area contributed by atoms with Gasteiger partial charge in [-0.25, -0.2) is 4.99 Å². The average molecular weight is 380 g/mol. The van der Waals surface area contributed by atoms with E-state index >= 15 is 0 Å². The summed E-state index contributed by atoms with van der Waals surface area (Å²) < 4.78 is 5.54. The topological polar surface area (TPSA) is 88.7 Å². The molecule has 0 aromatic heterocycles. The molecule has 1 atom stereocenters. The maximum atomic E-state index is 12.4. The second-order valence-corrected chi connectivity index (χ2v) is 7.25. The number of amides is 1. The molecule has 0 spiro atoms. The fourth-order valence-corrected chi connectivity index (χ4v) is 3.34. The van der Waals surface area contributed by atoms with Crippen molar-refractivity contribution in [2.45, 2.75) is 39.3 Å². The SMILES string of the molecule is Cc1cc(C)cc(NC(N)=NCc2cccc(C(=O)NCC3CCCO3)c2)c1. The van der Waals surface area contributed by atoms with Crippen LogP contribution in [-0.4, -0.2) is 31.1 Å². The third-order valence-corrected chi connectivity index (χ3v) is 4.63. The van der Waals surface area contributed by atoms with E-state index in [0.717, 1.165) is 41.8 Å². The monoisotopic (exact) mass is 380 g/mol. The van der Waals surface area contributed by atoms with Gasteiger partial charge in [-0.2, -0.15) is 0 Å². The molecule has 1 aliphatic rings. The first kappa shape index (κ1) is 19.9. The van der Waals surface area contributed by atoms with Gasteiger partial charge < -0.3 is 21.1 Å². The zero-order valence-electron chi connectivity index (χ0n) is 16.5. The van der Waals surface area contributed by atoms with E-state index in [1.54, 1.807) is 6.07 Å². The quantitative estimate of drug-likeness (QED) is 0.531. The van der Waals surface area contributed by atoms with Crippen molar-refractivity contribution >= 4 is 17.6 Å². The molecule has 0 bridgehead atoms. The standard InChI is InChI=1S/C22H28N4O2/c1-15-9-16(2)11-19(10-15)26-22(23)25-13-17-5-3-6-18(12-17)21(27)24-14-20-7-4-8-28-20/h3,5-6,9-12,20H,4,7-8,13-14H2,1-2H3,(H,24,27)(H3,23,25,26). The number of benzene rings is 2.